The number of hydrogen-bond donors (Lipinski definition) is 0. The molecule has 0 aliphatic heterocycles. The van der Waals surface area contributed by atoms with Crippen LogP contribution in [-0.2, 0) is 40.0 Å². The van der Waals surface area contributed by atoms with Crippen LogP contribution in [0.5, 0.6) is 0 Å². The van der Waals surface area contributed by atoms with Gasteiger partial charge in [0.2, 0.25) is 0 Å². The van der Waals surface area contributed by atoms with Gasteiger partial charge >= 0.3 is 49.8 Å². The summed E-state index contributed by atoms with van der Waals surface area (Å²) in [6, 6.07) is 0. The zero-order chi connectivity index (χ0) is 7.21. The predicted octanol–water partition coefficient (Wildman–Crippen LogP) is 0.0360. The van der Waals surface area contributed by atoms with E-state index in [9.17, 15) is 0 Å². The van der Waals surface area contributed by atoms with Gasteiger partial charge in [0.1, 0.15) is 0 Å². The Hall–Kier alpha value is 1.46. The first-order chi connectivity index (χ1) is 3.41. The van der Waals surface area contributed by atoms with Crippen LogP contribution < -0.4 is 0 Å². The molecule has 0 aliphatic rings. The molecule has 9 heteroatoms. The molecule has 0 N–H and O–H groups in total. The van der Waals surface area contributed by atoms with Crippen LogP contribution in [0, 0.1) is 0 Å². The maximum absolute atomic E-state index is 8.52. The Balaban J connectivity index is -0.0000000800. The maximum Gasteiger partial charge on any atom is 2.00 e. The first kappa shape index (κ1) is 16.8. The van der Waals surface area contributed by atoms with Crippen LogP contribution in [0.3, 0.4) is 0 Å². The molecule has 9 heavy (non-hydrogen) atoms. The van der Waals surface area contributed by atoms with Crippen molar-refractivity contribution in [3.05, 3.63) is 0 Å². The van der Waals surface area contributed by atoms with Crippen LogP contribution in [-0.4, -0.2) is 17.5 Å². The summed E-state index contributed by atoms with van der Waals surface area (Å²) >= 11 is 0.194. The fraction of sp³-hybridized carbons (Fsp3) is 0. The molecule has 0 aromatic heterocycles. The molecule has 0 aromatic carbocycles. The molecule has 0 atom stereocenters. The van der Waals surface area contributed by atoms with E-state index < -0.39 is 10.4 Å². The Kier molecular flexibility index (Phi) is 17.7. The molecular weight excluding hydrogens is 282 g/mol. The summed E-state index contributed by atoms with van der Waals surface area (Å²) in [4.78, 5) is 0. The summed E-state index contributed by atoms with van der Waals surface area (Å²) in [7, 11) is 4.36. The largest absolute Gasteiger partial charge is 2.00 e. The van der Waals surface area contributed by atoms with Crippen LogP contribution in [0.1, 0.15) is 0 Å². The Morgan fingerprint density at radius 2 is 1.22 bits per heavy atom. The fourth-order valence-corrected chi connectivity index (χ4v) is 0. The second kappa shape index (κ2) is 9.46. The van der Waals surface area contributed by atoms with Gasteiger partial charge in [-0.1, -0.05) is 0 Å². The van der Waals surface area contributed by atoms with E-state index in [-0.39, 0.29) is 29.6 Å². The molecule has 0 radical (unpaired) electrons. The van der Waals surface area contributed by atoms with Gasteiger partial charge in [0, 0.05) is 10.4 Å². The van der Waals surface area contributed by atoms with E-state index in [2.05, 4.69) is 0 Å². The van der Waals surface area contributed by atoms with Gasteiger partial charge in [0.15, 0.2) is 0 Å². The second-order valence-corrected chi connectivity index (χ2v) is 3.10. The molecule has 0 saturated heterocycles. The zero-order valence-corrected chi connectivity index (χ0v) is 7.89. The van der Waals surface area contributed by atoms with E-state index in [1.807, 2.05) is 0 Å². The van der Waals surface area contributed by atoms with Crippen LogP contribution in [0.2, 0.25) is 0 Å². The van der Waals surface area contributed by atoms with Crippen molar-refractivity contribution in [1.29, 1.82) is 0 Å². The normalized spacial score (nSPS) is 8.89. The van der Waals surface area contributed by atoms with Crippen molar-refractivity contribution in [3.8, 4) is 0 Å². The third-order valence-electron chi connectivity index (χ3n) is 0. The summed E-state index contributed by atoms with van der Waals surface area (Å²) in [5.74, 6) is 0. The monoisotopic (exact) mass is 280 g/mol. The molecule has 0 amide bonds. The summed E-state index contributed by atoms with van der Waals surface area (Å²) in [5.41, 5.74) is 0. The molecule has 0 saturated carbocycles. The fourth-order valence-electron chi connectivity index (χ4n) is 0. The third-order valence-corrected chi connectivity index (χ3v) is 0. The Morgan fingerprint density at radius 3 is 1.22 bits per heavy atom. The molecule has 0 bridgehead atoms. The Morgan fingerprint density at radius 1 is 1.22 bits per heavy atom. The minimum Gasteiger partial charge on any atom is 2.00 e. The maximum atomic E-state index is 8.52. The Bertz CT molecular complexity index is 113. The molecule has 0 heterocycles. The first-order valence-corrected chi connectivity index (χ1v) is 5.31. The van der Waals surface area contributed by atoms with E-state index in [1.165, 1.54) is 0 Å². The Labute approximate surface area is 77.4 Å². The predicted molar refractivity (Wildman–Crippen MR) is 22.2 cm³/mol. The van der Waals surface area contributed by atoms with Crippen molar-refractivity contribution in [2.75, 3.05) is 0 Å². The van der Waals surface area contributed by atoms with E-state index >= 15 is 0 Å². The standard InChI is InChI=1S/2ClH.Fe.Ni.H2O4S/c;;;;1-5(2,3)4/h2*1H;;;(H2,1,2,3,4)/q;;2*+2;/p-4. The van der Waals surface area contributed by atoms with E-state index in [4.69, 9.17) is 37.7 Å². The third kappa shape index (κ3) is 246. The number of halogens is 2. The van der Waals surface area contributed by atoms with Gasteiger partial charge in [0.05, 0.1) is 0 Å². The second-order valence-electron chi connectivity index (χ2n) is 0.459. The zero-order valence-electron chi connectivity index (χ0n) is 3.47. The van der Waals surface area contributed by atoms with Crippen molar-refractivity contribution in [2.45, 2.75) is 0 Å². The molecule has 0 spiro atoms. The molecule has 62 valence electrons. The van der Waals surface area contributed by atoms with Gasteiger partial charge in [0.25, 0.3) is 0 Å². The molecule has 4 nitrogen and oxygen atoms in total. The minimum atomic E-state index is -5.17. The number of rotatable bonds is 0. The number of hydrogen-bond acceptors (Lipinski definition) is 4. The van der Waals surface area contributed by atoms with Crippen LogP contribution >= 0.6 is 20.2 Å². The smallest absolute Gasteiger partial charge is 2.00 e. The van der Waals surface area contributed by atoms with Gasteiger partial charge in [-0.25, -0.2) is 0 Å². The van der Waals surface area contributed by atoms with Crippen molar-refractivity contribution < 1.29 is 47.1 Å². The SMILES string of the molecule is O=S(=O)([O-])[O-].[Cl][Fe][Cl].[Ni+2]. The topological polar surface area (TPSA) is 80.3 Å². The molecule has 0 aliphatic carbocycles. The van der Waals surface area contributed by atoms with Gasteiger partial charge in [-0.3, -0.25) is 8.42 Å². The quantitative estimate of drug-likeness (QED) is 0.356. The average Bonchev–Trinajstić information content (AvgIpc) is 1.27. The van der Waals surface area contributed by atoms with Crippen LogP contribution in [0.15, 0.2) is 0 Å². The van der Waals surface area contributed by atoms with Gasteiger partial charge in [-0.15, -0.1) is 0 Å². The molecule has 0 rings (SSSR count). The molecule has 0 aromatic rings. The summed E-state index contributed by atoms with van der Waals surface area (Å²) in [6.07, 6.45) is 0. The molecule has 0 fully saturated rings. The van der Waals surface area contributed by atoms with Crippen LogP contribution in [0.25, 0.3) is 0 Å². The van der Waals surface area contributed by atoms with Crippen molar-refractivity contribution in [2.24, 2.45) is 0 Å². The van der Waals surface area contributed by atoms with E-state index in [1.54, 1.807) is 0 Å². The van der Waals surface area contributed by atoms with Gasteiger partial charge in [-0.2, -0.15) is 0 Å². The van der Waals surface area contributed by atoms with Gasteiger partial charge < -0.3 is 9.11 Å². The summed E-state index contributed by atoms with van der Waals surface area (Å²) < 4.78 is 34.1. The van der Waals surface area contributed by atoms with E-state index in [0.29, 0.717) is 0 Å². The van der Waals surface area contributed by atoms with Crippen molar-refractivity contribution >= 4 is 30.6 Å². The van der Waals surface area contributed by atoms with Crippen LogP contribution in [0.4, 0.5) is 0 Å². The van der Waals surface area contributed by atoms with Crippen molar-refractivity contribution in [3.63, 3.8) is 0 Å². The minimum absolute atomic E-state index is 0. The van der Waals surface area contributed by atoms with Gasteiger partial charge in [-0.05, 0) is 0 Å². The van der Waals surface area contributed by atoms with E-state index in [0.717, 1.165) is 0 Å². The molecular formula is Cl2FeNiO4S. The summed E-state index contributed by atoms with van der Waals surface area (Å²) in [5, 5.41) is 0. The summed E-state index contributed by atoms with van der Waals surface area (Å²) in [6.45, 7) is 0. The molecule has 0 unspecified atom stereocenters. The van der Waals surface area contributed by atoms with Crippen molar-refractivity contribution in [1.82, 2.24) is 0 Å². The first-order valence-electron chi connectivity index (χ1n) is 0.934. The average molecular weight is 282 g/mol.